The zero-order valence-electron chi connectivity index (χ0n) is 14.7. The summed E-state index contributed by atoms with van der Waals surface area (Å²) in [5, 5.41) is 5.45. The van der Waals surface area contributed by atoms with Gasteiger partial charge in [0, 0.05) is 23.2 Å². The van der Waals surface area contributed by atoms with Crippen molar-refractivity contribution in [3.05, 3.63) is 53.1 Å². The first kappa shape index (κ1) is 16.9. The number of rotatable bonds is 3. The first-order valence-electron chi connectivity index (χ1n) is 8.55. The fourth-order valence-electron chi connectivity index (χ4n) is 2.94. The highest BCUT2D eigenvalue weighted by Gasteiger charge is 2.28. The van der Waals surface area contributed by atoms with Gasteiger partial charge < -0.3 is 15.2 Å². The summed E-state index contributed by atoms with van der Waals surface area (Å²) in [6.07, 6.45) is 0.303. The first-order chi connectivity index (χ1) is 13.0. The second-order valence-corrected chi connectivity index (χ2v) is 6.20. The van der Waals surface area contributed by atoms with E-state index in [9.17, 15) is 9.59 Å². The fourth-order valence-corrected chi connectivity index (χ4v) is 2.94. The molecule has 27 heavy (non-hydrogen) atoms. The van der Waals surface area contributed by atoms with Crippen LogP contribution in [0.5, 0.6) is 11.5 Å². The molecule has 0 fully saturated rings. The van der Waals surface area contributed by atoms with E-state index in [1.54, 1.807) is 25.1 Å². The summed E-state index contributed by atoms with van der Waals surface area (Å²) in [5.41, 5.74) is 11.7. The minimum absolute atomic E-state index is 0.0674. The van der Waals surface area contributed by atoms with Crippen molar-refractivity contribution in [2.45, 2.75) is 19.8 Å². The molecule has 0 radical (unpaired) electrons. The number of amides is 2. The van der Waals surface area contributed by atoms with Crippen molar-refractivity contribution in [3.8, 4) is 11.5 Å². The van der Waals surface area contributed by atoms with Crippen LogP contribution in [0, 0.1) is 0 Å². The average molecular weight is 366 g/mol. The SMILES string of the molecule is CCC(=O)NN1N=C(c2ccc(N)cc2)c2cc3c(cc2CC1=O)OCO3. The smallest absolute Gasteiger partial charge is 0.266 e. The topological polar surface area (TPSA) is 106 Å². The van der Waals surface area contributed by atoms with Crippen LogP contribution in [0.3, 0.4) is 0 Å². The Hall–Kier alpha value is -3.55. The van der Waals surface area contributed by atoms with E-state index in [0.29, 0.717) is 22.9 Å². The molecule has 3 N–H and O–H groups in total. The van der Waals surface area contributed by atoms with Gasteiger partial charge in [0.15, 0.2) is 11.5 Å². The quantitative estimate of drug-likeness (QED) is 0.802. The highest BCUT2D eigenvalue weighted by molar-refractivity contribution is 6.15. The molecule has 0 bridgehead atoms. The van der Waals surface area contributed by atoms with Crippen molar-refractivity contribution in [2.24, 2.45) is 5.10 Å². The van der Waals surface area contributed by atoms with Crippen LogP contribution >= 0.6 is 0 Å². The summed E-state index contributed by atoms with van der Waals surface area (Å²) in [5.74, 6) is 0.533. The van der Waals surface area contributed by atoms with Crippen molar-refractivity contribution in [2.75, 3.05) is 12.5 Å². The van der Waals surface area contributed by atoms with Gasteiger partial charge in [-0.3, -0.25) is 9.59 Å². The van der Waals surface area contributed by atoms with Gasteiger partial charge in [0.1, 0.15) is 5.71 Å². The predicted molar refractivity (Wildman–Crippen MR) is 98.0 cm³/mol. The van der Waals surface area contributed by atoms with E-state index in [1.165, 1.54) is 0 Å². The molecule has 0 aromatic heterocycles. The molecule has 0 aliphatic carbocycles. The number of nitrogens with zero attached hydrogens (tertiary/aromatic N) is 2. The normalized spacial score (nSPS) is 15.1. The van der Waals surface area contributed by atoms with Crippen LogP contribution < -0.4 is 20.6 Å². The highest BCUT2D eigenvalue weighted by atomic mass is 16.7. The Kier molecular flexibility index (Phi) is 4.15. The number of hydrogen-bond donors (Lipinski definition) is 2. The third-order valence-corrected chi connectivity index (χ3v) is 4.37. The molecular formula is C19H18N4O4. The fraction of sp³-hybridized carbons (Fsp3) is 0.211. The molecule has 0 unspecified atom stereocenters. The number of fused-ring (bicyclic) bond motifs is 2. The van der Waals surface area contributed by atoms with Crippen molar-refractivity contribution < 1.29 is 19.1 Å². The molecular weight excluding hydrogens is 348 g/mol. The van der Waals surface area contributed by atoms with Crippen LogP contribution in [0.1, 0.15) is 30.0 Å². The number of anilines is 1. The standard InChI is InChI=1S/C19H18N4O4/c1-2-17(24)21-23-18(25)8-12-7-15-16(27-10-26-15)9-14(12)19(22-23)11-3-5-13(20)6-4-11/h3-7,9H,2,8,10,20H2,1H3,(H,21,24). The Morgan fingerprint density at radius 1 is 1.22 bits per heavy atom. The Balaban J connectivity index is 1.86. The molecule has 2 aliphatic heterocycles. The van der Waals surface area contributed by atoms with Crippen molar-refractivity contribution in [3.63, 3.8) is 0 Å². The largest absolute Gasteiger partial charge is 0.454 e. The van der Waals surface area contributed by atoms with E-state index in [-0.39, 0.29) is 31.4 Å². The molecule has 2 aromatic rings. The second-order valence-electron chi connectivity index (χ2n) is 6.20. The Morgan fingerprint density at radius 2 is 1.93 bits per heavy atom. The summed E-state index contributed by atoms with van der Waals surface area (Å²) in [4.78, 5) is 24.5. The third kappa shape index (κ3) is 3.17. The Morgan fingerprint density at radius 3 is 2.63 bits per heavy atom. The minimum Gasteiger partial charge on any atom is -0.454 e. The monoisotopic (exact) mass is 366 g/mol. The van der Waals surface area contributed by atoms with Gasteiger partial charge in [-0.15, -0.1) is 10.2 Å². The zero-order chi connectivity index (χ0) is 19.0. The Bertz CT molecular complexity index is 953. The van der Waals surface area contributed by atoms with E-state index in [0.717, 1.165) is 21.8 Å². The molecule has 2 aliphatic rings. The number of nitrogen functional groups attached to an aromatic ring is 1. The lowest BCUT2D eigenvalue weighted by Crippen LogP contribution is -2.43. The lowest BCUT2D eigenvalue weighted by Gasteiger charge is -2.17. The number of carbonyl (C=O) groups excluding carboxylic acids is 2. The zero-order valence-corrected chi connectivity index (χ0v) is 14.7. The van der Waals surface area contributed by atoms with Crippen molar-refractivity contribution in [1.82, 2.24) is 10.5 Å². The molecule has 0 spiro atoms. The molecule has 0 saturated heterocycles. The summed E-state index contributed by atoms with van der Waals surface area (Å²) in [6.45, 7) is 1.84. The summed E-state index contributed by atoms with van der Waals surface area (Å²) < 4.78 is 10.9. The van der Waals surface area contributed by atoms with Crippen LogP contribution in [0.15, 0.2) is 41.5 Å². The molecule has 2 aromatic carbocycles. The number of benzene rings is 2. The van der Waals surface area contributed by atoms with Gasteiger partial charge >= 0.3 is 0 Å². The number of hydrazone groups is 1. The van der Waals surface area contributed by atoms with Gasteiger partial charge in [-0.05, 0) is 29.8 Å². The number of nitrogens with one attached hydrogen (secondary N) is 1. The Labute approximate surface area is 155 Å². The lowest BCUT2D eigenvalue weighted by molar-refractivity contribution is -0.140. The molecule has 8 heteroatoms. The summed E-state index contributed by atoms with van der Waals surface area (Å²) in [6, 6.07) is 10.7. The molecule has 138 valence electrons. The van der Waals surface area contributed by atoms with E-state index < -0.39 is 0 Å². The van der Waals surface area contributed by atoms with Crippen LogP contribution in [0.25, 0.3) is 0 Å². The van der Waals surface area contributed by atoms with Crippen molar-refractivity contribution in [1.29, 1.82) is 0 Å². The van der Waals surface area contributed by atoms with Gasteiger partial charge in [0.25, 0.3) is 5.91 Å². The molecule has 0 atom stereocenters. The summed E-state index contributed by atoms with van der Waals surface area (Å²) >= 11 is 0. The van der Waals surface area contributed by atoms with Gasteiger partial charge in [0.05, 0.1) is 6.42 Å². The van der Waals surface area contributed by atoms with E-state index in [2.05, 4.69) is 10.5 Å². The van der Waals surface area contributed by atoms with Crippen LogP contribution in [0.4, 0.5) is 5.69 Å². The maximum Gasteiger partial charge on any atom is 0.266 e. The number of carbonyl (C=O) groups is 2. The van der Waals surface area contributed by atoms with Gasteiger partial charge in [-0.2, -0.15) is 0 Å². The second kappa shape index (κ2) is 6.64. The molecule has 2 amide bonds. The van der Waals surface area contributed by atoms with Crippen LogP contribution in [-0.4, -0.2) is 29.4 Å². The van der Waals surface area contributed by atoms with E-state index in [4.69, 9.17) is 15.2 Å². The van der Waals surface area contributed by atoms with Crippen LogP contribution in [-0.2, 0) is 16.0 Å². The average Bonchev–Trinajstić information content (AvgIpc) is 3.07. The maximum atomic E-state index is 12.7. The number of ether oxygens (including phenoxy) is 2. The predicted octanol–water partition coefficient (Wildman–Crippen LogP) is 1.58. The lowest BCUT2D eigenvalue weighted by atomic mass is 9.95. The van der Waals surface area contributed by atoms with E-state index >= 15 is 0 Å². The molecule has 0 saturated carbocycles. The highest BCUT2D eigenvalue weighted by Crippen LogP contribution is 2.37. The molecule has 8 nitrogen and oxygen atoms in total. The maximum absolute atomic E-state index is 12.7. The number of nitrogens with two attached hydrogens (primary N) is 1. The number of hydrazine groups is 1. The van der Waals surface area contributed by atoms with Gasteiger partial charge in [0.2, 0.25) is 12.7 Å². The molecule has 4 rings (SSSR count). The van der Waals surface area contributed by atoms with Gasteiger partial charge in [-0.1, -0.05) is 19.1 Å². The first-order valence-corrected chi connectivity index (χ1v) is 8.55. The van der Waals surface area contributed by atoms with Gasteiger partial charge in [-0.25, -0.2) is 5.43 Å². The van der Waals surface area contributed by atoms with E-state index in [1.807, 2.05) is 18.2 Å². The minimum atomic E-state index is -0.345. The van der Waals surface area contributed by atoms with Crippen molar-refractivity contribution >= 4 is 23.2 Å². The molecule has 2 heterocycles. The summed E-state index contributed by atoms with van der Waals surface area (Å²) in [7, 11) is 0. The van der Waals surface area contributed by atoms with Crippen LogP contribution in [0.2, 0.25) is 0 Å². The number of hydrogen-bond acceptors (Lipinski definition) is 6. The third-order valence-electron chi connectivity index (χ3n) is 4.37.